The first-order valence-corrected chi connectivity index (χ1v) is 19.0. The normalized spacial score (nSPS) is 16.5. The summed E-state index contributed by atoms with van der Waals surface area (Å²) in [6.45, 7) is 15.7. The molecule has 328 valence electrons. The maximum Gasteiger partial charge on any atom is 0.339 e. The monoisotopic (exact) mass is 847 g/mol. The van der Waals surface area contributed by atoms with E-state index in [1.54, 1.807) is 75.3 Å². The molecule has 0 aliphatic carbocycles. The van der Waals surface area contributed by atoms with E-state index in [9.17, 15) is 38.9 Å². The molecule has 0 bridgehead atoms. The van der Waals surface area contributed by atoms with Crippen LogP contribution in [0.4, 0.5) is 5.69 Å². The Hall–Kier alpha value is -6.78. The molecule has 0 aromatic heterocycles. The molecule has 0 amide bonds. The van der Waals surface area contributed by atoms with Crippen LogP contribution in [-0.4, -0.2) is 68.5 Å². The maximum atomic E-state index is 13.0. The SMILES string of the molecule is COC(=O)C1=C(C)NC(C)=C(C(=O)OCOC(=O)C(C)(C)C)C1c1cccc([N+](=O)[O-])c1.COC(=O)C1=C(C)NC(C)=C(C(=O)OCOC(=O)C(C)(C)C)C1c1ccccc1. The molecule has 2 N–H and O–H groups in total. The van der Waals surface area contributed by atoms with Gasteiger partial charge in [0.15, 0.2) is 0 Å². The summed E-state index contributed by atoms with van der Waals surface area (Å²) in [5.41, 5.74) is 2.08. The highest BCUT2D eigenvalue weighted by molar-refractivity contribution is 6.01. The molecule has 0 spiro atoms. The summed E-state index contributed by atoms with van der Waals surface area (Å²) < 4.78 is 30.2. The first kappa shape index (κ1) is 48.6. The number of nitro benzene ring substituents is 1. The summed E-state index contributed by atoms with van der Waals surface area (Å²) in [5.74, 6) is -5.47. The Morgan fingerprint density at radius 2 is 0.918 bits per heavy atom. The number of dihydropyridines is 2. The second-order valence-electron chi connectivity index (χ2n) is 16.0. The molecule has 2 aromatic carbocycles. The summed E-state index contributed by atoms with van der Waals surface area (Å²) in [7, 11) is 2.49. The van der Waals surface area contributed by atoms with Crippen molar-refractivity contribution >= 4 is 41.5 Å². The van der Waals surface area contributed by atoms with E-state index in [0.717, 1.165) is 5.56 Å². The van der Waals surface area contributed by atoms with Crippen molar-refractivity contribution in [2.45, 2.75) is 81.1 Å². The van der Waals surface area contributed by atoms with Crippen LogP contribution < -0.4 is 10.6 Å². The van der Waals surface area contributed by atoms with Crippen LogP contribution >= 0.6 is 0 Å². The highest BCUT2D eigenvalue weighted by atomic mass is 16.7. The van der Waals surface area contributed by atoms with Crippen molar-refractivity contribution in [2.24, 2.45) is 10.8 Å². The van der Waals surface area contributed by atoms with Crippen molar-refractivity contribution in [2.75, 3.05) is 27.8 Å². The van der Waals surface area contributed by atoms with E-state index in [-0.39, 0.29) is 22.4 Å². The quantitative estimate of drug-likeness (QED) is 0.0835. The third-order valence-electron chi connectivity index (χ3n) is 9.30. The molecule has 2 unspecified atom stereocenters. The Balaban J connectivity index is 0.000000327. The average Bonchev–Trinajstić information content (AvgIpc) is 3.19. The smallest absolute Gasteiger partial charge is 0.339 e. The minimum atomic E-state index is -0.991. The summed E-state index contributed by atoms with van der Waals surface area (Å²) >= 11 is 0. The van der Waals surface area contributed by atoms with Crippen LogP contribution in [0.1, 0.15) is 92.2 Å². The molecule has 0 saturated heterocycles. The lowest BCUT2D eigenvalue weighted by Crippen LogP contribution is -2.33. The van der Waals surface area contributed by atoms with Crippen LogP contribution in [0, 0.1) is 20.9 Å². The Kier molecular flexibility index (Phi) is 16.3. The molecule has 61 heavy (non-hydrogen) atoms. The lowest BCUT2D eigenvalue weighted by atomic mass is 9.80. The molecule has 2 atom stereocenters. The van der Waals surface area contributed by atoms with Crippen LogP contribution in [0.15, 0.2) is 99.7 Å². The first-order chi connectivity index (χ1) is 28.5. The van der Waals surface area contributed by atoms with Gasteiger partial charge in [-0.3, -0.25) is 19.7 Å². The van der Waals surface area contributed by atoms with E-state index in [4.69, 9.17) is 28.4 Å². The number of nitrogens with one attached hydrogen (secondary N) is 2. The van der Waals surface area contributed by atoms with E-state index < -0.39 is 77.0 Å². The summed E-state index contributed by atoms with van der Waals surface area (Å²) in [5, 5.41) is 17.3. The molecular weight excluding hydrogens is 794 g/mol. The number of nitro groups is 1. The number of esters is 6. The fourth-order valence-corrected chi connectivity index (χ4v) is 6.28. The number of allylic oxidation sites excluding steroid dienone is 4. The van der Waals surface area contributed by atoms with Crippen LogP contribution in [0.25, 0.3) is 0 Å². The van der Waals surface area contributed by atoms with Gasteiger partial charge in [-0.25, -0.2) is 19.2 Å². The van der Waals surface area contributed by atoms with Crippen molar-refractivity contribution in [1.82, 2.24) is 10.6 Å². The number of carbonyl (C=O) groups excluding carboxylic acids is 6. The fraction of sp³-hybridized carbons (Fsp3) is 0.409. The third kappa shape index (κ3) is 12.1. The van der Waals surface area contributed by atoms with Crippen molar-refractivity contribution in [3.05, 3.63) is 121 Å². The van der Waals surface area contributed by atoms with Gasteiger partial charge in [0.05, 0.1) is 64.1 Å². The van der Waals surface area contributed by atoms with Crippen molar-refractivity contribution in [3.8, 4) is 0 Å². The molecule has 0 saturated carbocycles. The number of carbonyl (C=O) groups is 6. The van der Waals surface area contributed by atoms with Crippen LogP contribution in [-0.2, 0) is 57.2 Å². The van der Waals surface area contributed by atoms with Gasteiger partial charge in [0.2, 0.25) is 13.6 Å². The van der Waals surface area contributed by atoms with Crippen LogP contribution in [0.5, 0.6) is 0 Å². The minimum absolute atomic E-state index is 0.0447. The number of hydrogen-bond donors (Lipinski definition) is 2. The van der Waals surface area contributed by atoms with E-state index in [2.05, 4.69) is 10.6 Å². The molecule has 17 heteroatoms. The number of nitrogens with zero attached hydrogens (tertiary/aromatic N) is 1. The van der Waals surface area contributed by atoms with Gasteiger partial charge in [0.1, 0.15) is 0 Å². The van der Waals surface area contributed by atoms with E-state index in [1.165, 1.54) is 32.4 Å². The number of methoxy groups -OCH3 is 2. The van der Waals surface area contributed by atoms with E-state index >= 15 is 0 Å². The standard InChI is InChI=1S/C22H26N2O8.C22H27NO6/c1-12-16(19(25)30-6)18(14-8-7-9-15(10-14)24(28)29)17(13(2)23-12)20(26)31-11-32-21(27)22(3,4)5;1-13-16(19(24)27-6)18(15-10-8-7-9-11-15)17(14(2)23-13)20(25)28-12-29-21(26)22(3,4)5/h7-10,18,23H,11H2,1-6H3;7-11,18,23H,12H2,1-6H3. The molecule has 2 aliphatic rings. The van der Waals surface area contributed by atoms with Crippen molar-refractivity contribution in [3.63, 3.8) is 0 Å². The summed E-state index contributed by atoms with van der Waals surface area (Å²) in [4.78, 5) is 85.5. The Labute approximate surface area is 354 Å². The first-order valence-electron chi connectivity index (χ1n) is 19.0. The summed E-state index contributed by atoms with van der Waals surface area (Å²) in [6.07, 6.45) is 0. The van der Waals surface area contributed by atoms with Gasteiger partial charge in [-0.2, -0.15) is 0 Å². The largest absolute Gasteiger partial charge is 0.466 e. The van der Waals surface area contributed by atoms with Gasteiger partial charge in [-0.05, 0) is 80.4 Å². The van der Waals surface area contributed by atoms with Gasteiger partial charge in [0.25, 0.3) is 5.69 Å². The highest BCUT2D eigenvalue weighted by Gasteiger charge is 2.40. The molecule has 2 heterocycles. The minimum Gasteiger partial charge on any atom is -0.466 e. The molecule has 2 aliphatic heterocycles. The fourth-order valence-electron chi connectivity index (χ4n) is 6.28. The summed E-state index contributed by atoms with van der Waals surface area (Å²) in [6, 6.07) is 14.8. The second kappa shape index (κ2) is 20.5. The van der Waals surface area contributed by atoms with Gasteiger partial charge >= 0.3 is 35.8 Å². The number of hydrogen-bond acceptors (Lipinski definition) is 16. The van der Waals surface area contributed by atoms with Crippen LogP contribution in [0.2, 0.25) is 0 Å². The van der Waals surface area contributed by atoms with Gasteiger partial charge in [-0.15, -0.1) is 0 Å². The zero-order valence-electron chi connectivity index (χ0n) is 36.4. The van der Waals surface area contributed by atoms with Gasteiger partial charge in [-0.1, -0.05) is 42.5 Å². The van der Waals surface area contributed by atoms with Gasteiger partial charge in [0, 0.05) is 34.9 Å². The zero-order valence-corrected chi connectivity index (χ0v) is 36.4. The molecule has 2 aromatic rings. The van der Waals surface area contributed by atoms with Crippen molar-refractivity contribution in [1.29, 1.82) is 0 Å². The second-order valence-corrected chi connectivity index (χ2v) is 16.0. The lowest BCUT2D eigenvalue weighted by molar-refractivity contribution is -0.384. The lowest BCUT2D eigenvalue weighted by Gasteiger charge is -2.30. The van der Waals surface area contributed by atoms with Gasteiger partial charge < -0.3 is 39.1 Å². The molecule has 0 fully saturated rings. The number of non-ortho nitro benzene ring substituents is 1. The number of rotatable bonds is 11. The zero-order chi connectivity index (χ0) is 46.0. The van der Waals surface area contributed by atoms with E-state index in [1.807, 2.05) is 30.3 Å². The maximum absolute atomic E-state index is 13.0. The number of benzene rings is 2. The third-order valence-corrected chi connectivity index (χ3v) is 9.30. The molecule has 0 radical (unpaired) electrons. The Morgan fingerprint density at radius 1 is 0.557 bits per heavy atom. The van der Waals surface area contributed by atoms with E-state index in [0.29, 0.717) is 33.9 Å². The van der Waals surface area contributed by atoms with Crippen molar-refractivity contribution < 1.29 is 62.1 Å². The molecule has 17 nitrogen and oxygen atoms in total. The number of ether oxygens (including phenoxy) is 6. The molecule has 4 rings (SSSR count). The van der Waals surface area contributed by atoms with Crippen LogP contribution in [0.3, 0.4) is 0 Å². The predicted octanol–water partition coefficient (Wildman–Crippen LogP) is 6.28. The molecular formula is C44H53N3O14. The Bertz CT molecular complexity index is 2190. The Morgan fingerprint density at radius 3 is 1.28 bits per heavy atom. The predicted molar refractivity (Wildman–Crippen MR) is 219 cm³/mol. The highest BCUT2D eigenvalue weighted by Crippen LogP contribution is 2.41. The topological polar surface area (TPSA) is 225 Å². The average molecular weight is 848 g/mol.